The zero-order valence-electron chi connectivity index (χ0n) is 10.4. The number of amides is 2. The maximum atomic E-state index is 12.0. The zero-order chi connectivity index (χ0) is 14.1. The van der Waals surface area contributed by atoms with Gasteiger partial charge in [0.25, 0.3) is 5.91 Å². The van der Waals surface area contributed by atoms with Gasteiger partial charge < -0.3 is 15.1 Å². The second-order valence-electron chi connectivity index (χ2n) is 4.48. The summed E-state index contributed by atoms with van der Waals surface area (Å²) in [6.07, 6.45) is 2.48. The van der Waals surface area contributed by atoms with Crippen LogP contribution in [0.2, 0.25) is 5.22 Å². The van der Waals surface area contributed by atoms with Crippen molar-refractivity contribution in [2.45, 2.75) is 12.8 Å². The molecule has 1 aliphatic heterocycles. The number of aryl methyl sites for hydroxylation is 1. The van der Waals surface area contributed by atoms with E-state index < -0.39 is 0 Å². The Morgan fingerprint density at radius 3 is 2.90 bits per heavy atom. The van der Waals surface area contributed by atoms with Crippen LogP contribution in [0, 0.1) is 0 Å². The number of nitrogens with one attached hydrogen (secondary N) is 2. The van der Waals surface area contributed by atoms with Crippen molar-refractivity contribution in [3.8, 4) is 0 Å². The van der Waals surface area contributed by atoms with E-state index >= 15 is 0 Å². The summed E-state index contributed by atoms with van der Waals surface area (Å²) in [6.45, 7) is 0. The number of hydrogen-bond acceptors (Lipinski definition) is 3. The lowest BCUT2D eigenvalue weighted by Crippen LogP contribution is -2.19. The van der Waals surface area contributed by atoms with Gasteiger partial charge in [-0.25, -0.2) is 0 Å². The standard InChI is InChI=1S/C14H11ClN2O3/c15-13-10(5-6-20-13)14(19)16-9-2-3-11-8(7-9)1-4-12(18)17-11/h2-3,5-7H,1,4H2,(H,16,19)(H,17,18). The van der Waals surface area contributed by atoms with Crippen molar-refractivity contribution in [3.05, 3.63) is 46.9 Å². The monoisotopic (exact) mass is 290 g/mol. The first-order valence-electron chi connectivity index (χ1n) is 6.10. The molecule has 0 aliphatic carbocycles. The lowest BCUT2D eigenvalue weighted by molar-refractivity contribution is -0.116. The van der Waals surface area contributed by atoms with E-state index in [4.69, 9.17) is 16.0 Å². The van der Waals surface area contributed by atoms with Gasteiger partial charge in [0.2, 0.25) is 11.1 Å². The molecule has 102 valence electrons. The van der Waals surface area contributed by atoms with Gasteiger partial charge in [0.15, 0.2) is 0 Å². The smallest absolute Gasteiger partial charge is 0.260 e. The van der Waals surface area contributed by atoms with Crippen LogP contribution in [0.25, 0.3) is 0 Å². The summed E-state index contributed by atoms with van der Waals surface area (Å²) in [5.41, 5.74) is 2.74. The molecule has 3 rings (SSSR count). The third kappa shape index (κ3) is 2.40. The van der Waals surface area contributed by atoms with Crippen LogP contribution in [-0.4, -0.2) is 11.8 Å². The number of halogens is 1. The maximum Gasteiger partial charge on any atom is 0.260 e. The van der Waals surface area contributed by atoms with E-state index in [9.17, 15) is 9.59 Å². The van der Waals surface area contributed by atoms with Crippen molar-refractivity contribution in [1.29, 1.82) is 0 Å². The molecule has 0 saturated heterocycles. The Kier molecular flexibility index (Phi) is 3.20. The third-order valence-corrected chi connectivity index (χ3v) is 3.41. The van der Waals surface area contributed by atoms with Crippen LogP contribution in [0.15, 0.2) is 34.9 Å². The van der Waals surface area contributed by atoms with Gasteiger partial charge in [-0.3, -0.25) is 9.59 Å². The maximum absolute atomic E-state index is 12.0. The van der Waals surface area contributed by atoms with Gasteiger partial charge in [-0.05, 0) is 47.9 Å². The molecule has 5 nitrogen and oxygen atoms in total. The van der Waals surface area contributed by atoms with E-state index in [2.05, 4.69) is 10.6 Å². The Balaban J connectivity index is 1.80. The van der Waals surface area contributed by atoms with Crippen LogP contribution >= 0.6 is 11.6 Å². The van der Waals surface area contributed by atoms with Gasteiger partial charge in [-0.15, -0.1) is 0 Å². The number of anilines is 2. The van der Waals surface area contributed by atoms with E-state index in [1.54, 1.807) is 12.1 Å². The summed E-state index contributed by atoms with van der Waals surface area (Å²) < 4.78 is 4.88. The number of furan rings is 1. The minimum Gasteiger partial charge on any atom is -0.452 e. The molecule has 0 fully saturated rings. The van der Waals surface area contributed by atoms with Crippen LogP contribution in [0.4, 0.5) is 11.4 Å². The summed E-state index contributed by atoms with van der Waals surface area (Å²) in [6, 6.07) is 6.87. The Labute approximate surface area is 119 Å². The molecule has 2 heterocycles. The van der Waals surface area contributed by atoms with Crippen molar-refractivity contribution in [2.24, 2.45) is 0 Å². The molecule has 1 aliphatic rings. The highest BCUT2D eigenvalue weighted by atomic mass is 35.5. The fourth-order valence-corrected chi connectivity index (χ4v) is 2.32. The topological polar surface area (TPSA) is 71.3 Å². The third-order valence-electron chi connectivity index (χ3n) is 3.12. The average molecular weight is 291 g/mol. The van der Waals surface area contributed by atoms with Crippen LogP contribution < -0.4 is 10.6 Å². The van der Waals surface area contributed by atoms with Gasteiger partial charge in [-0.2, -0.15) is 0 Å². The Morgan fingerprint density at radius 2 is 2.15 bits per heavy atom. The molecule has 20 heavy (non-hydrogen) atoms. The fraction of sp³-hybridized carbons (Fsp3) is 0.143. The van der Waals surface area contributed by atoms with Gasteiger partial charge in [0.05, 0.1) is 11.8 Å². The number of carbonyl (C=O) groups excluding carboxylic acids is 2. The largest absolute Gasteiger partial charge is 0.452 e. The average Bonchev–Trinajstić information content (AvgIpc) is 2.85. The van der Waals surface area contributed by atoms with Crippen molar-refractivity contribution in [1.82, 2.24) is 0 Å². The molecule has 0 unspecified atom stereocenters. The van der Waals surface area contributed by atoms with Gasteiger partial charge in [0, 0.05) is 17.8 Å². The predicted molar refractivity (Wildman–Crippen MR) is 75.1 cm³/mol. The van der Waals surface area contributed by atoms with Crippen LogP contribution in [0.5, 0.6) is 0 Å². The summed E-state index contributed by atoms with van der Waals surface area (Å²) in [7, 11) is 0. The lowest BCUT2D eigenvalue weighted by atomic mass is 10.0. The molecule has 2 amide bonds. The molecule has 0 atom stereocenters. The Morgan fingerprint density at radius 1 is 1.30 bits per heavy atom. The highest BCUT2D eigenvalue weighted by molar-refractivity contribution is 6.32. The summed E-state index contributed by atoms with van der Waals surface area (Å²) in [5, 5.41) is 5.60. The van der Waals surface area contributed by atoms with Crippen molar-refractivity contribution >= 4 is 34.8 Å². The summed E-state index contributed by atoms with van der Waals surface area (Å²) in [4.78, 5) is 23.3. The SMILES string of the molecule is O=C1CCc2cc(NC(=O)c3ccoc3Cl)ccc2N1. The fourth-order valence-electron chi connectivity index (χ4n) is 2.12. The molecule has 0 saturated carbocycles. The number of fused-ring (bicyclic) bond motifs is 1. The van der Waals surface area contributed by atoms with Crippen molar-refractivity contribution < 1.29 is 14.0 Å². The van der Waals surface area contributed by atoms with Crippen LogP contribution in [-0.2, 0) is 11.2 Å². The molecule has 6 heteroatoms. The first-order valence-corrected chi connectivity index (χ1v) is 6.48. The zero-order valence-corrected chi connectivity index (χ0v) is 11.2. The van der Waals surface area contributed by atoms with Gasteiger partial charge in [0.1, 0.15) is 0 Å². The lowest BCUT2D eigenvalue weighted by Gasteiger charge is -2.17. The van der Waals surface area contributed by atoms with Gasteiger partial charge in [-0.1, -0.05) is 0 Å². The van der Waals surface area contributed by atoms with E-state index in [0.29, 0.717) is 18.5 Å². The summed E-state index contributed by atoms with van der Waals surface area (Å²) in [5.74, 6) is -0.317. The molecule has 0 bridgehead atoms. The second kappa shape index (κ2) is 5.02. The quantitative estimate of drug-likeness (QED) is 0.893. The second-order valence-corrected chi connectivity index (χ2v) is 4.83. The van der Waals surface area contributed by atoms with E-state index in [0.717, 1.165) is 11.3 Å². The molecular weight excluding hydrogens is 280 g/mol. The highest BCUT2D eigenvalue weighted by Gasteiger charge is 2.17. The van der Waals surface area contributed by atoms with Crippen LogP contribution in [0.3, 0.4) is 0 Å². The molecule has 1 aromatic carbocycles. The minimum atomic E-state index is -0.330. The van der Waals surface area contributed by atoms with Crippen LogP contribution in [0.1, 0.15) is 22.3 Å². The van der Waals surface area contributed by atoms with E-state index in [1.807, 2.05) is 6.07 Å². The summed E-state index contributed by atoms with van der Waals surface area (Å²) >= 11 is 5.76. The molecule has 2 aromatic rings. The Hall–Kier alpha value is -2.27. The van der Waals surface area contributed by atoms with E-state index in [1.165, 1.54) is 12.3 Å². The molecule has 0 radical (unpaired) electrons. The van der Waals surface area contributed by atoms with Gasteiger partial charge >= 0.3 is 0 Å². The molecule has 0 spiro atoms. The van der Waals surface area contributed by atoms with E-state index in [-0.39, 0.29) is 22.6 Å². The highest BCUT2D eigenvalue weighted by Crippen LogP contribution is 2.26. The normalized spacial score (nSPS) is 13.6. The number of rotatable bonds is 2. The van der Waals surface area contributed by atoms with Crippen molar-refractivity contribution in [3.63, 3.8) is 0 Å². The Bertz CT molecular complexity index is 693. The first kappa shape index (κ1) is 12.7. The number of carbonyl (C=O) groups is 2. The molecule has 2 N–H and O–H groups in total. The number of benzene rings is 1. The molecule has 1 aromatic heterocycles. The number of hydrogen-bond donors (Lipinski definition) is 2. The predicted octanol–water partition coefficient (Wildman–Crippen LogP) is 3.07. The molecular formula is C14H11ClN2O3. The van der Waals surface area contributed by atoms with Crippen molar-refractivity contribution in [2.75, 3.05) is 10.6 Å². The first-order chi connectivity index (χ1) is 9.63. The minimum absolute atomic E-state index is 0.0134.